The second-order valence-corrected chi connectivity index (χ2v) is 6.22. The van der Waals surface area contributed by atoms with Crippen molar-refractivity contribution in [1.82, 2.24) is 0 Å². The van der Waals surface area contributed by atoms with Crippen molar-refractivity contribution in [2.75, 3.05) is 7.11 Å². The number of carbonyl (C=O) groups is 2. The van der Waals surface area contributed by atoms with E-state index in [1.165, 1.54) is 63.8 Å². The lowest BCUT2D eigenvalue weighted by Crippen LogP contribution is -2.09. The van der Waals surface area contributed by atoms with Crippen LogP contribution in [0.4, 0.5) is 0 Å². The first-order valence-electron chi connectivity index (χ1n) is 9.20. The Morgan fingerprint density at radius 2 is 1.52 bits per heavy atom. The summed E-state index contributed by atoms with van der Waals surface area (Å²) in [6.07, 6.45) is 11.1. The van der Waals surface area contributed by atoms with E-state index in [2.05, 4.69) is 6.92 Å². The van der Waals surface area contributed by atoms with Crippen molar-refractivity contribution in [3.63, 3.8) is 0 Å². The summed E-state index contributed by atoms with van der Waals surface area (Å²) < 4.78 is 10.4. The zero-order valence-corrected chi connectivity index (χ0v) is 15.4. The van der Waals surface area contributed by atoms with Crippen LogP contribution in [-0.4, -0.2) is 24.2 Å². The smallest absolute Gasteiger partial charge is 0.335 e. The van der Waals surface area contributed by atoms with Gasteiger partial charge in [0.1, 0.15) is 0 Å². The van der Waals surface area contributed by atoms with Gasteiger partial charge < -0.3 is 14.6 Å². The molecule has 0 bridgehead atoms. The summed E-state index contributed by atoms with van der Waals surface area (Å²) in [7, 11) is 1.42. The fourth-order valence-corrected chi connectivity index (χ4v) is 2.64. The van der Waals surface area contributed by atoms with Crippen molar-refractivity contribution >= 4 is 11.9 Å². The number of unbranched alkanes of at least 4 members (excludes halogenated alkanes) is 8. The van der Waals surface area contributed by atoms with E-state index in [1.807, 2.05) is 0 Å². The number of ether oxygens (including phenoxy) is 2. The van der Waals surface area contributed by atoms with Crippen molar-refractivity contribution in [2.45, 2.75) is 71.1 Å². The molecule has 1 aromatic rings. The van der Waals surface area contributed by atoms with Crippen LogP contribution in [0.5, 0.6) is 11.5 Å². The fraction of sp³-hybridized carbons (Fsp3) is 0.600. The van der Waals surface area contributed by atoms with E-state index in [9.17, 15) is 9.59 Å². The van der Waals surface area contributed by atoms with E-state index in [-0.39, 0.29) is 23.0 Å². The number of aromatic carboxylic acids is 1. The molecule has 0 aliphatic carbocycles. The molecule has 5 nitrogen and oxygen atoms in total. The first-order valence-corrected chi connectivity index (χ1v) is 9.20. The summed E-state index contributed by atoms with van der Waals surface area (Å²) in [5, 5.41) is 8.96. The molecule has 25 heavy (non-hydrogen) atoms. The molecule has 0 aliphatic rings. The minimum atomic E-state index is -1.05. The van der Waals surface area contributed by atoms with Gasteiger partial charge in [0, 0.05) is 6.42 Å². The maximum Gasteiger partial charge on any atom is 0.335 e. The standard InChI is InChI=1S/C20H30O5/c1-3-4-5-6-7-8-9-10-11-12-19(21)25-17-14-13-16(20(22)23)15-18(17)24-2/h13-15H,3-12H2,1-2H3,(H,22,23). The molecule has 0 saturated heterocycles. The molecule has 0 atom stereocenters. The molecule has 0 spiro atoms. The predicted molar refractivity (Wildman–Crippen MR) is 97.4 cm³/mol. The van der Waals surface area contributed by atoms with Crippen molar-refractivity contribution in [3.05, 3.63) is 23.8 Å². The minimum Gasteiger partial charge on any atom is -0.493 e. The Morgan fingerprint density at radius 3 is 2.08 bits per heavy atom. The van der Waals surface area contributed by atoms with Gasteiger partial charge in [0.25, 0.3) is 0 Å². The summed E-state index contributed by atoms with van der Waals surface area (Å²) in [4.78, 5) is 22.9. The van der Waals surface area contributed by atoms with Gasteiger partial charge in [-0.2, -0.15) is 0 Å². The number of carboxylic acid groups (broad SMARTS) is 1. The highest BCUT2D eigenvalue weighted by Crippen LogP contribution is 2.28. The molecule has 0 heterocycles. The number of carboxylic acids is 1. The highest BCUT2D eigenvalue weighted by molar-refractivity contribution is 5.88. The average molecular weight is 350 g/mol. The number of methoxy groups -OCH3 is 1. The summed E-state index contributed by atoms with van der Waals surface area (Å²) >= 11 is 0. The van der Waals surface area contributed by atoms with Crippen LogP contribution in [0, 0.1) is 0 Å². The Bertz CT molecular complexity index is 539. The van der Waals surface area contributed by atoms with Gasteiger partial charge >= 0.3 is 11.9 Å². The highest BCUT2D eigenvalue weighted by atomic mass is 16.6. The number of esters is 1. The summed E-state index contributed by atoms with van der Waals surface area (Å²) in [5.41, 5.74) is 0.0931. The maximum absolute atomic E-state index is 11.9. The van der Waals surface area contributed by atoms with Gasteiger partial charge in [0.05, 0.1) is 12.7 Å². The lowest BCUT2D eigenvalue weighted by atomic mass is 10.1. The first kappa shape index (κ1) is 21.0. The van der Waals surface area contributed by atoms with Gasteiger partial charge in [-0.25, -0.2) is 4.79 Å². The number of hydrogen-bond donors (Lipinski definition) is 1. The van der Waals surface area contributed by atoms with Gasteiger partial charge in [-0.1, -0.05) is 58.3 Å². The maximum atomic E-state index is 11.9. The Morgan fingerprint density at radius 1 is 0.920 bits per heavy atom. The molecule has 0 radical (unpaired) electrons. The zero-order valence-electron chi connectivity index (χ0n) is 15.4. The number of hydrogen-bond acceptors (Lipinski definition) is 4. The molecule has 0 aliphatic heterocycles. The molecule has 0 fully saturated rings. The second-order valence-electron chi connectivity index (χ2n) is 6.22. The third-order valence-corrected chi connectivity index (χ3v) is 4.12. The molecule has 1 rings (SSSR count). The Hall–Kier alpha value is -2.04. The third-order valence-electron chi connectivity index (χ3n) is 4.12. The van der Waals surface area contributed by atoms with E-state index >= 15 is 0 Å². The predicted octanol–water partition coefficient (Wildman–Crippen LogP) is 5.22. The van der Waals surface area contributed by atoms with Crippen molar-refractivity contribution < 1.29 is 24.2 Å². The lowest BCUT2D eigenvalue weighted by molar-refractivity contribution is -0.134. The van der Waals surface area contributed by atoms with Crippen LogP contribution in [0.25, 0.3) is 0 Å². The Labute approximate surface area is 150 Å². The van der Waals surface area contributed by atoms with Crippen LogP contribution in [0.1, 0.15) is 81.5 Å². The molecule has 0 saturated carbocycles. The summed E-state index contributed by atoms with van der Waals surface area (Å²) in [6.45, 7) is 2.22. The fourth-order valence-electron chi connectivity index (χ4n) is 2.64. The monoisotopic (exact) mass is 350 g/mol. The van der Waals surface area contributed by atoms with Crippen molar-refractivity contribution in [2.24, 2.45) is 0 Å². The number of carbonyl (C=O) groups excluding carboxylic acids is 1. The van der Waals surface area contributed by atoms with Crippen molar-refractivity contribution in [3.8, 4) is 11.5 Å². The molecule has 0 amide bonds. The van der Waals surface area contributed by atoms with Crippen LogP contribution in [0.3, 0.4) is 0 Å². The molecular formula is C20H30O5. The van der Waals surface area contributed by atoms with Crippen LogP contribution in [0.2, 0.25) is 0 Å². The van der Waals surface area contributed by atoms with Crippen LogP contribution < -0.4 is 9.47 Å². The first-order chi connectivity index (χ1) is 12.1. The van der Waals surface area contributed by atoms with Crippen molar-refractivity contribution in [1.29, 1.82) is 0 Å². The van der Waals surface area contributed by atoms with Gasteiger partial charge in [-0.3, -0.25) is 4.79 Å². The summed E-state index contributed by atoms with van der Waals surface area (Å²) in [5.74, 6) is -0.857. The van der Waals surface area contributed by atoms with Gasteiger partial charge in [-0.15, -0.1) is 0 Å². The molecular weight excluding hydrogens is 320 g/mol. The highest BCUT2D eigenvalue weighted by Gasteiger charge is 2.13. The molecule has 1 N–H and O–H groups in total. The van der Waals surface area contributed by atoms with E-state index < -0.39 is 5.97 Å². The van der Waals surface area contributed by atoms with E-state index in [0.717, 1.165) is 19.3 Å². The molecule has 140 valence electrons. The Balaban J connectivity index is 2.25. The van der Waals surface area contributed by atoms with Gasteiger partial charge in [-0.05, 0) is 24.6 Å². The van der Waals surface area contributed by atoms with Crippen LogP contribution >= 0.6 is 0 Å². The van der Waals surface area contributed by atoms with Crippen LogP contribution in [-0.2, 0) is 4.79 Å². The number of benzene rings is 1. The molecule has 5 heteroatoms. The molecule has 0 unspecified atom stereocenters. The summed E-state index contributed by atoms with van der Waals surface area (Å²) in [6, 6.07) is 4.20. The van der Waals surface area contributed by atoms with Gasteiger partial charge in [0.2, 0.25) is 0 Å². The largest absolute Gasteiger partial charge is 0.493 e. The topological polar surface area (TPSA) is 72.8 Å². The normalized spacial score (nSPS) is 10.5. The molecule has 0 aromatic heterocycles. The van der Waals surface area contributed by atoms with Gasteiger partial charge in [0.15, 0.2) is 11.5 Å². The zero-order chi connectivity index (χ0) is 18.5. The number of rotatable bonds is 13. The second kappa shape index (κ2) is 12.3. The average Bonchev–Trinajstić information content (AvgIpc) is 2.60. The Kier molecular flexibility index (Phi) is 10.4. The SMILES string of the molecule is CCCCCCCCCCCC(=O)Oc1ccc(C(=O)O)cc1OC. The van der Waals surface area contributed by atoms with Crippen LogP contribution in [0.15, 0.2) is 18.2 Å². The van der Waals surface area contributed by atoms with E-state index in [4.69, 9.17) is 14.6 Å². The third kappa shape index (κ3) is 8.57. The molecule has 1 aromatic carbocycles. The quantitative estimate of drug-likeness (QED) is 0.300. The van der Waals surface area contributed by atoms with E-state index in [0.29, 0.717) is 6.42 Å². The lowest BCUT2D eigenvalue weighted by Gasteiger charge is -2.10. The van der Waals surface area contributed by atoms with E-state index in [1.54, 1.807) is 0 Å². The minimum absolute atomic E-state index is 0.0931.